The topological polar surface area (TPSA) is 52.6 Å². The fourth-order valence-corrected chi connectivity index (χ4v) is 1.53. The first-order valence-electron chi connectivity index (χ1n) is 4.91. The van der Waals surface area contributed by atoms with E-state index in [1.54, 1.807) is 4.90 Å². The van der Waals surface area contributed by atoms with Crippen LogP contribution in [0.5, 0.6) is 0 Å². The highest BCUT2D eigenvalue weighted by atomic mass is 16.3. The number of β-amino-alcohol motifs (C(OH)–C–C–N with tert-alkyl or cyclic N) is 1. The van der Waals surface area contributed by atoms with Crippen molar-refractivity contribution in [1.82, 2.24) is 10.2 Å². The van der Waals surface area contributed by atoms with E-state index in [1.165, 1.54) is 0 Å². The number of aliphatic hydroxyl groups is 1. The largest absolute Gasteiger partial charge is 0.386 e. The van der Waals surface area contributed by atoms with Gasteiger partial charge in [0, 0.05) is 6.04 Å². The van der Waals surface area contributed by atoms with Gasteiger partial charge in [-0.25, -0.2) is 4.79 Å². The van der Waals surface area contributed by atoms with Gasteiger partial charge in [0.15, 0.2) is 0 Å². The number of nitrogens with zero attached hydrogens (tertiary/aromatic N) is 1. The first-order chi connectivity index (χ1) is 6.13. The molecule has 0 bridgehead atoms. The van der Waals surface area contributed by atoms with E-state index in [2.05, 4.69) is 5.32 Å². The molecule has 0 atom stereocenters. The van der Waals surface area contributed by atoms with Crippen molar-refractivity contribution in [3.63, 3.8) is 0 Å². The molecule has 2 N–H and O–H groups in total. The average molecular weight is 184 g/mol. The lowest BCUT2D eigenvalue weighted by Crippen LogP contribution is -2.65. The van der Waals surface area contributed by atoms with Crippen LogP contribution in [0, 0.1) is 0 Å². The standard InChI is InChI=1S/C9H16N2O2/c1-2-9(13)5-11(6-9)8(12)10-7-3-4-7/h7,13H,2-6H2,1H3,(H,10,12). The zero-order valence-electron chi connectivity index (χ0n) is 7.92. The van der Waals surface area contributed by atoms with Gasteiger partial charge in [-0.1, -0.05) is 6.92 Å². The summed E-state index contributed by atoms with van der Waals surface area (Å²) in [5, 5.41) is 12.6. The highest BCUT2D eigenvalue weighted by Gasteiger charge is 2.42. The molecule has 1 aliphatic heterocycles. The van der Waals surface area contributed by atoms with Crippen LogP contribution in [-0.2, 0) is 0 Å². The number of rotatable bonds is 2. The molecule has 13 heavy (non-hydrogen) atoms. The summed E-state index contributed by atoms with van der Waals surface area (Å²) in [4.78, 5) is 13.1. The smallest absolute Gasteiger partial charge is 0.317 e. The molecule has 4 heteroatoms. The number of likely N-dealkylation sites (tertiary alicyclic amines) is 1. The lowest BCUT2D eigenvalue weighted by atomic mass is 9.92. The average Bonchev–Trinajstić information content (AvgIpc) is 2.82. The van der Waals surface area contributed by atoms with E-state index in [0.29, 0.717) is 19.1 Å². The Kier molecular flexibility index (Phi) is 1.95. The third-order valence-electron chi connectivity index (χ3n) is 2.82. The molecule has 1 heterocycles. The summed E-state index contributed by atoms with van der Waals surface area (Å²) in [6.07, 6.45) is 2.94. The third kappa shape index (κ3) is 1.77. The van der Waals surface area contributed by atoms with E-state index < -0.39 is 5.60 Å². The highest BCUT2D eigenvalue weighted by Crippen LogP contribution is 2.25. The monoisotopic (exact) mass is 184 g/mol. The van der Waals surface area contributed by atoms with E-state index in [1.807, 2.05) is 6.92 Å². The highest BCUT2D eigenvalue weighted by molar-refractivity contribution is 5.76. The Morgan fingerprint density at radius 1 is 1.62 bits per heavy atom. The normalized spacial score (nSPS) is 25.2. The van der Waals surface area contributed by atoms with Crippen molar-refractivity contribution in [1.29, 1.82) is 0 Å². The molecule has 0 aromatic rings. The Bertz CT molecular complexity index is 220. The summed E-state index contributed by atoms with van der Waals surface area (Å²) in [6.45, 7) is 2.92. The molecule has 4 nitrogen and oxygen atoms in total. The van der Waals surface area contributed by atoms with Gasteiger partial charge in [-0.05, 0) is 19.3 Å². The molecule has 2 aliphatic rings. The maximum absolute atomic E-state index is 11.4. The number of carbonyl (C=O) groups excluding carboxylic acids is 1. The van der Waals surface area contributed by atoms with Gasteiger partial charge in [-0.2, -0.15) is 0 Å². The molecule has 0 aromatic carbocycles. The predicted molar refractivity (Wildman–Crippen MR) is 48.4 cm³/mol. The molecule has 2 fully saturated rings. The number of carbonyl (C=O) groups is 1. The second-order valence-corrected chi connectivity index (χ2v) is 4.16. The lowest BCUT2D eigenvalue weighted by molar-refractivity contribution is -0.0778. The van der Waals surface area contributed by atoms with Crippen LogP contribution in [0.4, 0.5) is 4.79 Å². The molecule has 2 amide bonds. The van der Waals surface area contributed by atoms with E-state index in [4.69, 9.17) is 0 Å². The minimum absolute atomic E-state index is 0.0133. The second kappa shape index (κ2) is 2.87. The first-order valence-corrected chi connectivity index (χ1v) is 4.91. The van der Waals surface area contributed by atoms with Gasteiger partial charge in [-0.15, -0.1) is 0 Å². The van der Waals surface area contributed by atoms with Gasteiger partial charge in [0.2, 0.25) is 0 Å². The number of amides is 2. The Balaban J connectivity index is 1.75. The summed E-state index contributed by atoms with van der Waals surface area (Å²) in [5.74, 6) is 0. The summed E-state index contributed by atoms with van der Waals surface area (Å²) in [5.41, 5.74) is -0.610. The molecular weight excluding hydrogens is 168 g/mol. The molecule has 1 saturated heterocycles. The lowest BCUT2D eigenvalue weighted by Gasteiger charge is -2.45. The number of nitrogens with one attached hydrogen (secondary N) is 1. The first kappa shape index (κ1) is 8.81. The SMILES string of the molecule is CCC1(O)CN(C(=O)NC2CC2)C1. The number of urea groups is 1. The van der Waals surface area contributed by atoms with Crippen molar-refractivity contribution in [2.24, 2.45) is 0 Å². The maximum atomic E-state index is 11.4. The summed E-state index contributed by atoms with van der Waals surface area (Å²) in [7, 11) is 0. The Labute approximate surface area is 77.9 Å². The molecule has 74 valence electrons. The second-order valence-electron chi connectivity index (χ2n) is 4.16. The van der Waals surface area contributed by atoms with Crippen molar-refractivity contribution in [2.75, 3.05) is 13.1 Å². The van der Waals surface area contributed by atoms with Crippen LogP contribution in [0.1, 0.15) is 26.2 Å². The van der Waals surface area contributed by atoms with Gasteiger partial charge < -0.3 is 15.3 Å². The predicted octanol–water partition coefficient (Wildman–Crippen LogP) is 0.315. The molecule has 0 radical (unpaired) electrons. The van der Waals surface area contributed by atoms with Crippen molar-refractivity contribution in [3.8, 4) is 0 Å². The Hall–Kier alpha value is -0.770. The molecule has 1 saturated carbocycles. The molecule has 0 spiro atoms. The van der Waals surface area contributed by atoms with Crippen LogP contribution in [-0.4, -0.2) is 40.8 Å². The Morgan fingerprint density at radius 3 is 2.69 bits per heavy atom. The molecular formula is C9H16N2O2. The number of hydrogen-bond donors (Lipinski definition) is 2. The van der Waals surface area contributed by atoms with Crippen LogP contribution in [0.3, 0.4) is 0 Å². The van der Waals surface area contributed by atoms with Crippen molar-refractivity contribution in [3.05, 3.63) is 0 Å². The maximum Gasteiger partial charge on any atom is 0.317 e. The van der Waals surface area contributed by atoms with Crippen LogP contribution in [0.15, 0.2) is 0 Å². The fourth-order valence-electron chi connectivity index (χ4n) is 1.53. The van der Waals surface area contributed by atoms with E-state index >= 15 is 0 Å². The van der Waals surface area contributed by atoms with Gasteiger partial charge in [0.05, 0.1) is 18.7 Å². The third-order valence-corrected chi connectivity index (χ3v) is 2.82. The van der Waals surface area contributed by atoms with Gasteiger partial charge in [0.25, 0.3) is 0 Å². The summed E-state index contributed by atoms with van der Waals surface area (Å²) < 4.78 is 0. The Morgan fingerprint density at radius 2 is 2.23 bits per heavy atom. The van der Waals surface area contributed by atoms with E-state index in [9.17, 15) is 9.90 Å². The van der Waals surface area contributed by atoms with E-state index in [-0.39, 0.29) is 6.03 Å². The van der Waals surface area contributed by atoms with E-state index in [0.717, 1.165) is 19.3 Å². The van der Waals surface area contributed by atoms with Crippen molar-refractivity contribution in [2.45, 2.75) is 37.8 Å². The zero-order chi connectivity index (χ0) is 9.47. The van der Waals surface area contributed by atoms with Crippen LogP contribution >= 0.6 is 0 Å². The molecule has 1 aliphatic carbocycles. The molecule has 0 aromatic heterocycles. The zero-order valence-corrected chi connectivity index (χ0v) is 7.92. The molecule has 0 unspecified atom stereocenters. The summed E-state index contributed by atoms with van der Waals surface area (Å²) >= 11 is 0. The van der Waals surface area contributed by atoms with Crippen LogP contribution in [0.25, 0.3) is 0 Å². The van der Waals surface area contributed by atoms with Gasteiger partial charge in [0.1, 0.15) is 0 Å². The van der Waals surface area contributed by atoms with Crippen LogP contribution in [0.2, 0.25) is 0 Å². The quantitative estimate of drug-likeness (QED) is 0.649. The van der Waals surface area contributed by atoms with Gasteiger partial charge >= 0.3 is 6.03 Å². The van der Waals surface area contributed by atoms with Crippen molar-refractivity contribution >= 4 is 6.03 Å². The van der Waals surface area contributed by atoms with Crippen molar-refractivity contribution < 1.29 is 9.90 Å². The minimum Gasteiger partial charge on any atom is -0.386 e. The van der Waals surface area contributed by atoms with Gasteiger partial charge in [-0.3, -0.25) is 0 Å². The van der Waals surface area contributed by atoms with Crippen LogP contribution < -0.4 is 5.32 Å². The number of hydrogen-bond acceptors (Lipinski definition) is 2. The minimum atomic E-state index is -0.610. The fraction of sp³-hybridized carbons (Fsp3) is 0.889. The summed E-state index contributed by atoms with van der Waals surface area (Å²) in [6, 6.07) is 0.392. The molecule has 2 rings (SSSR count).